The summed E-state index contributed by atoms with van der Waals surface area (Å²) in [5.41, 5.74) is 4.64. The largest absolute Gasteiger partial charge is 0.493 e. The standard InChI is InChI=1S/C25H21IN2O3/c1-15-12-17(26)9-10-20(15)28-25(29)19-14-22(27-21-7-5-4-6-18(19)21)16-8-11-23(30-2)24(13-16)31-3/h4-14H,1-3H3,(H,28,29). The van der Waals surface area contributed by atoms with E-state index in [-0.39, 0.29) is 5.91 Å². The van der Waals surface area contributed by atoms with E-state index in [0.717, 1.165) is 31.3 Å². The van der Waals surface area contributed by atoms with Crippen molar-refractivity contribution >= 4 is 45.1 Å². The second-order valence-electron chi connectivity index (χ2n) is 7.06. The molecular weight excluding hydrogens is 503 g/mol. The quantitative estimate of drug-likeness (QED) is 0.322. The first-order chi connectivity index (χ1) is 15.0. The van der Waals surface area contributed by atoms with Crippen molar-refractivity contribution in [1.82, 2.24) is 4.98 Å². The maximum Gasteiger partial charge on any atom is 0.256 e. The second-order valence-corrected chi connectivity index (χ2v) is 8.30. The van der Waals surface area contributed by atoms with Gasteiger partial charge >= 0.3 is 0 Å². The van der Waals surface area contributed by atoms with Crippen molar-refractivity contribution in [3.05, 3.63) is 81.4 Å². The van der Waals surface area contributed by atoms with Gasteiger partial charge in [0.1, 0.15) is 0 Å². The van der Waals surface area contributed by atoms with Crippen molar-refractivity contribution in [2.24, 2.45) is 0 Å². The zero-order valence-electron chi connectivity index (χ0n) is 17.4. The summed E-state index contributed by atoms with van der Waals surface area (Å²) in [5, 5.41) is 3.85. The molecule has 3 aromatic carbocycles. The molecule has 0 aliphatic carbocycles. The molecule has 0 aliphatic rings. The zero-order chi connectivity index (χ0) is 22.0. The molecule has 1 N–H and O–H groups in total. The van der Waals surface area contributed by atoms with Gasteiger partial charge in [0.15, 0.2) is 11.5 Å². The fourth-order valence-electron chi connectivity index (χ4n) is 3.46. The molecule has 0 aliphatic heterocycles. The molecule has 6 heteroatoms. The number of anilines is 1. The van der Waals surface area contributed by atoms with E-state index in [9.17, 15) is 4.79 Å². The average molecular weight is 524 g/mol. The van der Waals surface area contributed by atoms with Crippen LogP contribution in [0.2, 0.25) is 0 Å². The average Bonchev–Trinajstić information content (AvgIpc) is 2.79. The molecule has 4 aromatic rings. The number of carbonyl (C=O) groups excluding carboxylic acids is 1. The molecule has 156 valence electrons. The Hall–Kier alpha value is -3.13. The van der Waals surface area contributed by atoms with Crippen LogP contribution in [0.15, 0.2) is 66.7 Å². The van der Waals surface area contributed by atoms with Crippen LogP contribution in [0.4, 0.5) is 5.69 Å². The Morgan fingerprint density at radius 3 is 2.45 bits per heavy atom. The first-order valence-electron chi connectivity index (χ1n) is 9.70. The molecule has 0 bridgehead atoms. The molecule has 0 spiro atoms. The van der Waals surface area contributed by atoms with Crippen LogP contribution in [0.1, 0.15) is 15.9 Å². The van der Waals surface area contributed by atoms with Gasteiger partial charge in [0, 0.05) is 20.2 Å². The van der Waals surface area contributed by atoms with E-state index in [1.807, 2.05) is 73.7 Å². The van der Waals surface area contributed by atoms with Crippen LogP contribution >= 0.6 is 22.6 Å². The van der Waals surface area contributed by atoms with E-state index in [2.05, 4.69) is 27.9 Å². The SMILES string of the molecule is COc1ccc(-c2cc(C(=O)Nc3ccc(I)cc3C)c3ccccc3n2)cc1OC. The number of rotatable bonds is 5. The number of nitrogens with zero attached hydrogens (tertiary/aromatic N) is 1. The van der Waals surface area contributed by atoms with Crippen LogP contribution in [0.25, 0.3) is 22.2 Å². The van der Waals surface area contributed by atoms with Gasteiger partial charge in [-0.2, -0.15) is 0 Å². The molecule has 0 atom stereocenters. The van der Waals surface area contributed by atoms with Crippen molar-refractivity contribution in [2.75, 3.05) is 19.5 Å². The Morgan fingerprint density at radius 1 is 0.935 bits per heavy atom. The minimum absolute atomic E-state index is 0.176. The highest BCUT2D eigenvalue weighted by atomic mass is 127. The molecule has 1 aromatic heterocycles. The number of para-hydroxylation sites is 1. The third kappa shape index (κ3) is 4.34. The van der Waals surface area contributed by atoms with Crippen LogP contribution in [-0.4, -0.2) is 25.1 Å². The maximum absolute atomic E-state index is 13.3. The van der Waals surface area contributed by atoms with Crippen molar-refractivity contribution in [3.8, 4) is 22.8 Å². The minimum atomic E-state index is -0.176. The van der Waals surface area contributed by atoms with Crippen molar-refractivity contribution < 1.29 is 14.3 Å². The number of aromatic nitrogens is 1. The van der Waals surface area contributed by atoms with Gasteiger partial charge in [0.05, 0.1) is 31.0 Å². The Labute approximate surface area is 194 Å². The lowest BCUT2D eigenvalue weighted by atomic mass is 10.0. The van der Waals surface area contributed by atoms with Crippen LogP contribution in [0, 0.1) is 10.5 Å². The lowest BCUT2D eigenvalue weighted by Crippen LogP contribution is -2.14. The fraction of sp³-hybridized carbons (Fsp3) is 0.120. The summed E-state index contributed by atoms with van der Waals surface area (Å²) in [6.07, 6.45) is 0. The highest BCUT2D eigenvalue weighted by Gasteiger charge is 2.16. The van der Waals surface area contributed by atoms with Crippen LogP contribution < -0.4 is 14.8 Å². The Morgan fingerprint density at radius 2 is 1.71 bits per heavy atom. The smallest absolute Gasteiger partial charge is 0.256 e. The van der Waals surface area contributed by atoms with Gasteiger partial charge in [-0.3, -0.25) is 4.79 Å². The van der Waals surface area contributed by atoms with E-state index in [1.165, 1.54) is 0 Å². The molecule has 4 rings (SSSR count). The van der Waals surface area contributed by atoms with E-state index < -0.39 is 0 Å². The molecule has 0 saturated heterocycles. The van der Waals surface area contributed by atoms with Crippen LogP contribution in [0.3, 0.4) is 0 Å². The predicted octanol–water partition coefficient (Wildman–Crippen LogP) is 6.08. The summed E-state index contributed by atoms with van der Waals surface area (Å²) in [7, 11) is 3.19. The molecule has 5 nitrogen and oxygen atoms in total. The number of hydrogen-bond donors (Lipinski definition) is 1. The number of benzene rings is 3. The topological polar surface area (TPSA) is 60.5 Å². The number of pyridine rings is 1. The zero-order valence-corrected chi connectivity index (χ0v) is 19.6. The van der Waals surface area contributed by atoms with Gasteiger partial charge in [-0.15, -0.1) is 0 Å². The molecule has 1 heterocycles. The van der Waals surface area contributed by atoms with Gasteiger partial charge < -0.3 is 14.8 Å². The van der Waals surface area contributed by atoms with Gasteiger partial charge in [0.25, 0.3) is 5.91 Å². The maximum atomic E-state index is 13.3. The lowest BCUT2D eigenvalue weighted by molar-refractivity contribution is 0.102. The number of ether oxygens (including phenoxy) is 2. The second kappa shape index (κ2) is 8.93. The van der Waals surface area contributed by atoms with E-state index >= 15 is 0 Å². The number of halogens is 1. The number of aryl methyl sites for hydroxylation is 1. The monoisotopic (exact) mass is 524 g/mol. The Kier molecular flexibility index (Phi) is 6.08. The number of nitrogens with one attached hydrogen (secondary N) is 1. The van der Waals surface area contributed by atoms with Crippen molar-refractivity contribution in [1.29, 1.82) is 0 Å². The Balaban J connectivity index is 1.81. The molecule has 31 heavy (non-hydrogen) atoms. The molecule has 0 fully saturated rings. The molecule has 1 amide bonds. The van der Waals surface area contributed by atoms with E-state index in [0.29, 0.717) is 22.8 Å². The molecule has 0 saturated carbocycles. The number of hydrogen-bond acceptors (Lipinski definition) is 4. The van der Waals surface area contributed by atoms with Crippen LogP contribution in [-0.2, 0) is 0 Å². The summed E-state index contributed by atoms with van der Waals surface area (Å²) in [6.45, 7) is 1.98. The third-order valence-corrected chi connectivity index (χ3v) is 5.75. The van der Waals surface area contributed by atoms with Gasteiger partial charge in [-0.25, -0.2) is 4.98 Å². The minimum Gasteiger partial charge on any atom is -0.493 e. The summed E-state index contributed by atoms with van der Waals surface area (Å²) < 4.78 is 11.9. The molecule has 0 unspecified atom stereocenters. The normalized spacial score (nSPS) is 10.7. The Bertz CT molecular complexity index is 1290. The lowest BCUT2D eigenvalue weighted by Gasteiger charge is -2.13. The fourth-order valence-corrected chi connectivity index (χ4v) is 4.11. The van der Waals surface area contributed by atoms with Gasteiger partial charge in [0.2, 0.25) is 0 Å². The summed E-state index contributed by atoms with van der Waals surface area (Å²) in [4.78, 5) is 18.1. The molecular formula is C25H21IN2O3. The predicted molar refractivity (Wildman–Crippen MR) is 132 cm³/mol. The van der Waals surface area contributed by atoms with E-state index in [4.69, 9.17) is 14.5 Å². The highest BCUT2D eigenvalue weighted by molar-refractivity contribution is 14.1. The highest BCUT2D eigenvalue weighted by Crippen LogP contribution is 2.33. The van der Waals surface area contributed by atoms with E-state index in [1.54, 1.807) is 14.2 Å². The number of fused-ring (bicyclic) bond motifs is 1. The molecule has 0 radical (unpaired) electrons. The van der Waals surface area contributed by atoms with Crippen LogP contribution in [0.5, 0.6) is 11.5 Å². The number of methoxy groups -OCH3 is 2. The summed E-state index contributed by atoms with van der Waals surface area (Å²) in [6, 6.07) is 21.0. The first kappa shape index (κ1) is 21.1. The van der Waals surface area contributed by atoms with Crippen molar-refractivity contribution in [3.63, 3.8) is 0 Å². The number of amides is 1. The third-order valence-electron chi connectivity index (χ3n) is 5.08. The van der Waals surface area contributed by atoms with Gasteiger partial charge in [-0.05, 0) is 83.6 Å². The summed E-state index contributed by atoms with van der Waals surface area (Å²) >= 11 is 2.26. The van der Waals surface area contributed by atoms with Gasteiger partial charge in [-0.1, -0.05) is 18.2 Å². The number of carbonyl (C=O) groups is 1. The first-order valence-corrected chi connectivity index (χ1v) is 10.8. The van der Waals surface area contributed by atoms with Crippen molar-refractivity contribution in [2.45, 2.75) is 6.92 Å². The summed E-state index contributed by atoms with van der Waals surface area (Å²) in [5.74, 6) is 1.07.